The van der Waals surface area contributed by atoms with E-state index in [1.165, 1.54) is 0 Å². The van der Waals surface area contributed by atoms with E-state index in [0.717, 1.165) is 27.8 Å². The van der Waals surface area contributed by atoms with E-state index in [2.05, 4.69) is 22.4 Å². The standard InChI is InChI=1S/C23H21N3O/c1-16-5-4-12-26-15-21(13-22(16)26)23(27)25-17(2)18-7-9-19(10-8-18)20-6-3-11-24-14-20/h3-15,17H,1-2H3,(H,25,27). The SMILES string of the molecule is Cc1cccn2cc(C(=O)NC(C)c3ccc(-c4cccnc4)cc3)cc12. The molecule has 27 heavy (non-hydrogen) atoms. The second-order valence-corrected chi connectivity index (χ2v) is 6.77. The fraction of sp³-hybridized carbons (Fsp3) is 0.130. The third-order valence-corrected chi connectivity index (χ3v) is 4.86. The van der Waals surface area contributed by atoms with E-state index >= 15 is 0 Å². The maximum Gasteiger partial charge on any atom is 0.253 e. The number of rotatable bonds is 4. The zero-order valence-electron chi connectivity index (χ0n) is 15.4. The number of fused-ring (bicyclic) bond motifs is 1. The van der Waals surface area contributed by atoms with Crippen molar-refractivity contribution in [1.82, 2.24) is 14.7 Å². The van der Waals surface area contributed by atoms with Gasteiger partial charge in [0.1, 0.15) is 0 Å². The highest BCUT2D eigenvalue weighted by atomic mass is 16.1. The lowest BCUT2D eigenvalue weighted by molar-refractivity contribution is 0.0940. The van der Waals surface area contributed by atoms with Crippen molar-refractivity contribution in [2.75, 3.05) is 0 Å². The summed E-state index contributed by atoms with van der Waals surface area (Å²) in [6.07, 6.45) is 7.44. The number of benzene rings is 1. The fourth-order valence-corrected chi connectivity index (χ4v) is 3.27. The second-order valence-electron chi connectivity index (χ2n) is 6.77. The van der Waals surface area contributed by atoms with Crippen molar-refractivity contribution < 1.29 is 4.79 Å². The van der Waals surface area contributed by atoms with Crippen LogP contribution in [-0.4, -0.2) is 15.3 Å². The summed E-state index contributed by atoms with van der Waals surface area (Å²) in [6.45, 7) is 4.04. The molecule has 0 aliphatic carbocycles. The van der Waals surface area contributed by atoms with Crippen LogP contribution in [0.3, 0.4) is 0 Å². The van der Waals surface area contributed by atoms with Gasteiger partial charge in [-0.3, -0.25) is 9.78 Å². The van der Waals surface area contributed by atoms with Gasteiger partial charge in [0.2, 0.25) is 0 Å². The molecule has 4 aromatic rings. The molecule has 0 spiro atoms. The van der Waals surface area contributed by atoms with E-state index in [1.54, 1.807) is 6.20 Å². The van der Waals surface area contributed by atoms with Crippen LogP contribution in [-0.2, 0) is 0 Å². The van der Waals surface area contributed by atoms with Gasteiger partial charge in [-0.05, 0) is 54.3 Å². The molecule has 1 atom stereocenters. The van der Waals surface area contributed by atoms with Crippen LogP contribution in [0.1, 0.15) is 34.5 Å². The van der Waals surface area contributed by atoms with Crippen LogP contribution in [0, 0.1) is 6.92 Å². The number of aryl methyl sites for hydroxylation is 1. The molecule has 0 saturated carbocycles. The minimum absolute atomic E-state index is 0.0677. The Morgan fingerprint density at radius 2 is 1.89 bits per heavy atom. The summed E-state index contributed by atoms with van der Waals surface area (Å²) in [7, 11) is 0. The summed E-state index contributed by atoms with van der Waals surface area (Å²) in [4.78, 5) is 16.8. The Morgan fingerprint density at radius 1 is 1.07 bits per heavy atom. The molecular formula is C23H21N3O. The molecule has 4 heteroatoms. The lowest BCUT2D eigenvalue weighted by Gasteiger charge is -2.14. The maximum absolute atomic E-state index is 12.7. The normalized spacial score (nSPS) is 12.1. The first-order valence-corrected chi connectivity index (χ1v) is 9.00. The van der Waals surface area contributed by atoms with Crippen LogP contribution in [0.15, 0.2) is 79.4 Å². The van der Waals surface area contributed by atoms with Gasteiger partial charge in [0, 0.05) is 30.3 Å². The molecule has 1 N–H and O–H groups in total. The van der Waals surface area contributed by atoms with Crippen LogP contribution in [0.25, 0.3) is 16.6 Å². The van der Waals surface area contributed by atoms with Gasteiger partial charge in [0.05, 0.1) is 11.6 Å². The molecule has 3 aromatic heterocycles. The number of nitrogens with one attached hydrogen (secondary N) is 1. The fourth-order valence-electron chi connectivity index (χ4n) is 3.27. The molecule has 0 radical (unpaired) electrons. The highest BCUT2D eigenvalue weighted by molar-refractivity contribution is 5.96. The van der Waals surface area contributed by atoms with Crippen LogP contribution >= 0.6 is 0 Å². The highest BCUT2D eigenvalue weighted by Crippen LogP contribution is 2.22. The number of carbonyl (C=O) groups excluding carboxylic acids is 1. The Bertz CT molecular complexity index is 1080. The summed E-state index contributed by atoms with van der Waals surface area (Å²) in [5.41, 5.74) is 6.13. The summed E-state index contributed by atoms with van der Waals surface area (Å²) >= 11 is 0. The number of aromatic nitrogens is 2. The molecule has 1 aromatic carbocycles. The molecule has 0 saturated heterocycles. The van der Waals surface area contributed by atoms with Gasteiger partial charge in [0.15, 0.2) is 0 Å². The van der Waals surface area contributed by atoms with Crippen LogP contribution in [0.4, 0.5) is 0 Å². The van der Waals surface area contributed by atoms with Gasteiger partial charge in [-0.2, -0.15) is 0 Å². The Hall–Kier alpha value is -3.40. The molecule has 4 rings (SSSR count). The average Bonchev–Trinajstić information content (AvgIpc) is 3.15. The Kier molecular flexibility index (Phi) is 4.47. The largest absolute Gasteiger partial charge is 0.345 e. The topological polar surface area (TPSA) is 46.4 Å². The van der Waals surface area contributed by atoms with Crippen molar-refractivity contribution in [3.05, 3.63) is 96.1 Å². The molecule has 4 nitrogen and oxygen atoms in total. The highest BCUT2D eigenvalue weighted by Gasteiger charge is 2.14. The Morgan fingerprint density at radius 3 is 2.59 bits per heavy atom. The van der Waals surface area contributed by atoms with E-state index in [4.69, 9.17) is 0 Å². The van der Waals surface area contributed by atoms with Gasteiger partial charge in [-0.15, -0.1) is 0 Å². The van der Waals surface area contributed by atoms with E-state index in [0.29, 0.717) is 5.56 Å². The predicted molar refractivity (Wildman–Crippen MR) is 108 cm³/mol. The van der Waals surface area contributed by atoms with Crippen LogP contribution < -0.4 is 5.32 Å². The minimum atomic E-state index is -0.0791. The number of amides is 1. The van der Waals surface area contributed by atoms with Crippen LogP contribution in [0.5, 0.6) is 0 Å². The minimum Gasteiger partial charge on any atom is -0.345 e. The first-order chi connectivity index (χ1) is 13.1. The van der Waals surface area contributed by atoms with Gasteiger partial charge < -0.3 is 9.72 Å². The second kappa shape index (κ2) is 7.08. The number of pyridine rings is 2. The molecule has 3 heterocycles. The first kappa shape index (κ1) is 17.0. The van der Waals surface area contributed by atoms with Crippen molar-refractivity contribution in [3.8, 4) is 11.1 Å². The van der Waals surface area contributed by atoms with E-state index in [1.807, 2.05) is 79.3 Å². The lowest BCUT2D eigenvalue weighted by atomic mass is 10.0. The summed E-state index contributed by atoms with van der Waals surface area (Å²) in [5, 5.41) is 3.09. The average molecular weight is 355 g/mol. The third-order valence-electron chi connectivity index (χ3n) is 4.86. The summed E-state index contributed by atoms with van der Waals surface area (Å²) in [6, 6.07) is 18.1. The molecule has 1 unspecified atom stereocenters. The molecule has 0 fully saturated rings. The van der Waals surface area contributed by atoms with E-state index < -0.39 is 0 Å². The van der Waals surface area contributed by atoms with Crippen molar-refractivity contribution in [2.24, 2.45) is 0 Å². The third kappa shape index (κ3) is 3.47. The molecule has 0 bridgehead atoms. The number of hydrogen-bond donors (Lipinski definition) is 1. The summed E-state index contributed by atoms with van der Waals surface area (Å²) in [5.74, 6) is -0.0677. The van der Waals surface area contributed by atoms with Gasteiger partial charge >= 0.3 is 0 Å². The molecule has 0 aliphatic rings. The molecule has 0 aliphatic heterocycles. The maximum atomic E-state index is 12.7. The quantitative estimate of drug-likeness (QED) is 0.571. The van der Waals surface area contributed by atoms with Crippen molar-refractivity contribution in [1.29, 1.82) is 0 Å². The van der Waals surface area contributed by atoms with Gasteiger partial charge in [-0.1, -0.05) is 36.4 Å². The molecule has 1 amide bonds. The Balaban J connectivity index is 1.50. The zero-order valence-corrected chi connectivity index (χ0v) is 15.4. The van der Waals surface area contributed by atoms with Gasteiger partial charge in [0.25, 0.3) is 5.91 Å². The lowest BCUT2D eigenvalue weighted by Crippen LogP contribution is -2.26. The number of carbonyl (C=O) groups is 1. The van der Waals surface area contributed by atoms with Crippen molar-refractivity contribution >= 4 is 11.4 Å². The number of nitrogens with zero attached hydrogens (tertiary/aromatic N) is 2. The molecular weight excluding hydrogens is 334 g/mol. The molecule has 134 valence electrons. The van der Waals surface area contributed by atoms with Gasteiger partial charge in [-0.25, -0.2) is 0 Å². The van der Waals surface area contributed by atoms with Crippen molar-refractivity contribution in [3.63, 3.8) is 0 Å². The van der Waals surface area contributed by atoms with E-state index in [-0.39, 0.29) is 11.9 Å². The number of hydrogen-bond acceptors (Lipinski definition) is 2. The predicted octanol–water partition coefficient (Wildman–Crippen LogP) is 4.80. The van der Waals surface area contributed by atoms with Crippen LogP contribution in [0.2, 0.25) is 0 Å². The smallest absolute Gasteiger partial charge is 0.253 e. The van der Waals surface area contributed by atoms with Crippen molar-refractivity contribution in [2.45, 2.75) is 19.9 Å². The zero-order chi connectivity index (χ0) is 18.8. The first-order valence-electron chi connectivity index (χ1n) is 9.00. The monoisotopic (exact) mass is 355 g/mol. The Labute approximate surface area is 158 Å². The van der Waals surface area contributed by atoms with E-state index in [9.17, 15) is 4.79 Å². The summed E-state index contributed by atoms with van der Waals surface area (Å²) < 4.78 is 1.98.